The molecule has 0 saturated heterocycles. The van der Waals surface area contributed by atoms with Crippen LogP contribution < -0.4 is 5.73 Å². The van der Waals surface area contributed by atoms with Crippen molar-refractivity contribution in [2.24, 2.45) is 11.1 Å². The number of hydrogen-bond donors (Lipinski definition) is 1. The van der Waals surface area contributed by atoms with E-state index in [-0.39, 0.29) is 5.41 Å². The van der Waals surface area contributed by atoms with Gasteiger partial charge in [0.05, 0.1) is 3.79 Å². The highest BCUT2D eigenvalue weighted by Crippen LogP contribution is 2.33. The number of nitrogens with zero attached hydrogens (tertiary/aromatic N) is 1. The number of rotatable bonds is 6. The van der Waals surface area contributed by atoms with Crippen LogP contribution in [0, 0.1) is 5.41 Å². The minimum absolute atomic E-state index is 0.182. The van der Waals surface area contributed by atoms with Gasteiger partial charge in [0.1, 0.15) is 0 Å². The van der Waals surface area contributed by atoms with Crippen LogP contribution in [0.1, 0.15) is 25.6 Å². The largest absolute Gasteiger partial charge is 0.330 e. The van der Waals surface area contributed by atoms with E-state index in [1.54, 1.807) is 11.3 Å². The minimum atomic E-state index is 0.182. The van der Waals surface area contributed by atoms with Crippen LogP contribution in [0.15, 0.2) is 14.3 Å². The van der Waals surface area contributed by atoms with E-state index in [1.807, 2.05) is 0 Å². The Morgan fingerprint density at radius 2 is 2.06 bits per heavy atom. The van der Waals surface area contributed by atoms with Crippen LogP contribution in [0.4, 0.5) is 0 Å². The molecule has 1 aromatic rings. The van der Waals surface area contributed by atoms with Gasteiger partial charge in [-0.25, -0.2) is 0 Å². The second-order valence-corrected chi connectivity index (χ2v) is 8.31. The molecule has 0 unspecified atom stereocenters. The molecule has 0 fully saturated rings. The van der Waals surface area contributed by atoms with Crippen LogP contribution in [0.2, 0.25) is 0 Å². The number of thiophene rings is 1. The van der Waals surface area contributed by atoms with Crippen molar-refractivity contribution in [2.75, 3.05) is 19.6 Å². The normalized spacial score (nSPS) is 12.4. The lowest BCUT2D eigenvalue weighted by molar-refractivity contribution is 0.185. The molecule has 0 spiro atoms. The van der Waals surface area contributed by atoms with Gasteiger partial charge >= 0.3 is 0 Å². The summed E-state index contributed by atoms with van der Waals surface area (Å²) in [4.78, 5) is 3.82. The molecule has 0 aliphatic carbocycles. The topological polar surface area (TPSA) is 29.3 Å². The molecule has 0 aromatic carbocycles. The zero-order valence-corrected chi connectivity index (χ0v) is 14.6. The third-order valence-corrected chi connectivity index (χ3v) is 5.97. The van der Waals surface area contributed by atoms with Crippen LogP contribution in [-0.2, 0) is 6.54 Å². The Labute approximate surface area is 125 Å². The molecule has 5 heteroatoms. The van der Waals surface area contributed by atoms with Crippen molar-refractivity contribution >= 4 is 43.2 Å². The maximum atomic E-state index is 5.79. The zero-order valence-electron chi connectivity index (χ0n) is 10.6. The molecule has 0 saturated carbocycles. The third-order valence-electron chi connectivity index (χ3n) is 2.73. The van der Waals surface area contributed by atoms with Crippen molar-refractivity contribution < 1.29 is 0 Å². The van der Waals surface area contributed by atoms with E-state index in [0.717, 1.165) is 30.7 Å². The Morgan fingerprint density at radius 1 is 1.41 bits per heavy atom. The van der Waals surface area contributed by atoms with Crippen LogP contribution in [-0.4, -0.2) is 24.5 Å². The van der Waals surface area contributed by atoms with Gasteiger partial charge in [-0.05, 0) is 56.4 Å². The number of halogens is 2. The molecular formula is C12H20Br2N2S. The molecular weight excluding hydrogens is 364 g/mol. The van der Waals surface area contributed by atoms with Crippen molar-refractivity contribution in [1.82, 2.24) is 4.90 Å². The van der Waals surface area contributed by atoms with Crippen LogP contribution in [0.3, 0.4) is 0 Å². The summed E-state index contributed by atoms with van der Waals surface area (Å²) in [6.45, 7) is 10.4. The lowest BCUT2D eigenvalue weighted by atomic mass is 9.93. The highest BCUT2D eigenvalue weighted by Gasteiger charge is 2.20. The smallest absolute Gasteiger partial charge is 0.0843 e. The molecule has 2 nitrogen and oxygen atoms in total. The van der Waals surface area contributed by atoms with E-state index in [1.165, 1.54) is 8.66 Å². The van der Waals surface area contributed by atoms with Gasteiger partial charge in [0.2, 0.25) is 0 Å². The van der Waals surface area contributed by atoms with Gasteiger partial charge in [0.15, 0.2) is 0 Å². The molecule has 0 aliphatic heterocycles. The van der Waals surface area contributed by atoms with E-state index in [4.69, 9.17) is 5.73 Å². The fourth-order valence-corrected chi connectivity index (χ4v) is 3.86. The third kappa shape index (κ3) is 4.99. The molecule has 0 bridgehead atoms. The molecule has 1 rings (SSSR count). The predicted octanol–water partition coefficient (Wildman–Crippen LogP) is 4.08. The van der Waals surface area contributed by atoms with Gasteiger partial charge in [-0.1, -0.05) is 20.8 Å². The van der Waals surface area contributed by atoms with Gasteiger partial charge in [-0.2, -0.15) is 0 Å². The van der Waals surface area contributed by atoms with Gasteiger partial charge < -0.3 is 5.73 Å². The van der Waals surface area contributed by atoms with Crippen molar-refractivity contribution in [2.45, 2.75) is 27.3 Å². The van der Waals surface area contributed by atoms with E-state index in [2.05, 4.69) is 63.6 Å². The Hall–Kier alpha value is 0.580. The SMILES string of the molecule is CCN(Cc1cc(Br)c(Br)s1)CC(C)(C)CN. The first kappa shape index (κ1) is 15.6. The summed E-state index contributed by atoms with van der Waals surface area (Å²) in [5.74, 6) is 0. The molecule has 1 aromatic heterocycles. The average molecular weight is 384 g/mol. The molecule has 17 heavy (non-hydrogen) atoms. The van der Waals surface area contributed by atoms with Gasteiger partial charge in [0.25, 0.3) is 0 Å². The van der Waals surface area contributed by atoms with Gasteiger partial charge in [-0.3, -0.25) is 4.90 Å². The Morgan fingerprint density at radius 3 is 2.47 bits per heavy atom. The molecule has 2 N–H and O–H groups in total. The Bertz CT molecular complexity index is 344. The zero-order chi connectivity index (χ0) is 13.1. The summed E-state index contributed by atoms with van der Waals surface area (Å²) in [7, 11) is 0. The van der Waals surface area contributed by atoms with Crippen molar-refractivity contribution in [1.29, 1.82) is 0 Å². The summed E-state index contributed by atoms with van der Waals surface area (Å²) in [6, 6.07) is 2.19. The minimum Gasteiger partial charge on any atom is -0.330 e. The van der Waals surface area contributed by atoms with E-state index in [9.17, 15) is 0 Å². The van der Waals surface area contributed by atoms with Crippen LogP contribution in [0.25, 0.3) is 0 Å². The number of nitrogens with two attached hydrogens (primary N) is 1. The molecule has 98 valence electrons. The lowest BCUT2D eigenvalue weighted by Crippen LogP contribution is -2.38. The fourth-order valence-electron chi connectivity index (χ4n) is 1.64. The second kappa shape index (κ2) is 6.66. The monoisotopic (exact) mass is 382 g/mol. The quantitative estimate of drug-likeness (QED) is 0.801. The summed E-state index contributed by atoms with van der Waals surface area (Å²) >= 11 is 8.85. The predicted molar refractivity (Wildman–Crippen MR) is 83.5 cm³/mol. The lowest BCUT2D eigenvalue weighted by Gasteiger charge is -2.30. The highest BCUT2D eigenvalue weighted by atomic mass is 79.9. The molecule has 0 atom stereocenters. The Balaban J connectivity index is 2.64. The maximum absolute atomic E-state index is 5.79. The van der Waals surface area contributed by atoms with Crippen molar-refractivity contribution in [3.63, 3.8) is 0 Å². The Kier molecular flexibility index (Phi) is 6.13. The van der Waals surface area contributed by atoms with E-state index < -0.39 is 0 Å². The number of hydrogen-bond acceptors (Lipinski definition) is 3. The fraction of sp³-hybridized carbons (Fsp3) is 0.667. The van der Waals surface area contributed by atoms with Gasteiger partial charge in [0, 0.05) is 22.4 Å². The summed E-state index contributed by atoms with van der Waals surface area (Å²) in [5, 5.41) is 0. The van der Waals surface area contributed by atoms with Crippen molar-refractivity contribution in [3.05, 3.63) is 19.2 Å². The highest BCUT2D eigenvalue weighted by molar-refractivity contribution is 9.13. The maximum Gasteiger partial charge on any atom is 0.0843 e. The average Bonchev–Trinajstić information content (AvgIpc) is 2.57. The van der Waals surface area contributed by atoms with E-state index in [0.29, 0.717) is 0 Å². The first-order chi connectivity index (χ1) is 7.88. The second-order valence-electron chi connectivity index (χ2n) is 5.01. The van der Waals surface area contributed by atoms with Crippen LogP contribution >= 0.6 is 43.2 Å². The summed E-state index contributed by atoms with van der Waals surface area (Å²) in [6.07, 6.45) is 0. The summed E-state index contributed by atoms with van der Waals surface area (Å²) < 4.78 is 2.31. The summed E-state index contributed by atoms with van der Waals surface area (Å²) in [5.41, 5.74) is 5.97. The first-order valence-electron chi connectivity index (χ1n) is 5.74. The van der Waals surface area contributed by atoms with Gasteiger partial charge in [-0.15, -0.1) is 11.3 Å². The van der Waals surface area contributed by atoms with Crippen LogP contribution in [0.5, 0.6) is 0 Å². The van der Waals surface area contributed by atoms with E-state index >= 15 is 0 Å². The molecule has 1 heterocycles. The standard InChI is InChI=1S/C12H20Br2N2S/c1-4-16(8-12(2,3)7-15)6-9-5-10(13)11(14)17-9/h5H,4,6-8,15H2,1-3H3. The molecule has 0 amide bonds. The molecule has 0 aliphatic rings. The molecule has 0 radical (unpaired) electrons. The van der Waals surface area contributed by atoms with Crippen molar-refractivity contribution in [3.8, 4) is 0 Å². The first-order valence-corrected chi connectivity index (χ1v) is 8.14.